The Morgan fingerprint density at radius 2 is 2.07 bits per heavy atom. The van der Waals surface area contributed by atoms with Crippen molar-refractivity contribution in [3.8, 4) is 0 Å². The Hall–Kier alpha value is -0.460. The summed E-state index contributed by atoms with van der Waals surface area (Å²) in [4.78, 5) is 4.09. The predicted molar refractivity (Wildman–Crippen MR) is 63.0 cm³/mol. The quantitative estimate of drug-likeness (QED) is 0.849. The van der Waals surface area contributed by atoms with Crippen molar-refractivity contribution in [2.45, 2.75) is 12.7 Å². The largest absolute Gasteiger partial charge is 0.260 e. The van der Waals surface area contributed by atoms with E-state index >= 15 is 0 Å². The van der Waals surface area contributed by atoms with Gasteiger partial charge in [-0.05, 0) is 34.5 Å². The summed E-state index contributed by atoms with van der Waals surface area (Å²) in [6.45, 7) is 1.80. The van der Waals surface area contributed by atoms with Gasteiger partial charge in [0.15, 0.2) is 0 Å². The fourth-order valence-corrected chi connectivity index (χ4v) is 2.34. The molecule has 0 spiro atoms. The van der Waals surface area contributed by atoms with Gasteiger partial charge in [0.1, 0.15) is 0 Å². The number of nitrogens with zero attached hydrogens (tertiary/aromatic N) is 2. The number of hydrogen-bond acceptors (Lipinski definition) is 3. The number of hydrogen-bond donors (Lipinski definition) is 0. The minimum absolute atomic E-state index is 0.0156. The Labute approximate surface area is 98.5 Å². The smallest absolute Gasteiger partial charge is 0.217 e. The Morgan fingerprint density at radius 3 is 2.60 bits per heavy atom. The molecule has 0 unspecified atom stereocenters. The van der Waals surface area contributed by atoms with Crippen LogP contribution < -0.4 is 0 Å². The first-order valence-electron chi connectivity index (χ1n) is 4.34. The van der Waals surface area contributed by atoms with E-state index in [9.17, 15) is 8.42 Å². The van der Waals surface area contributed by atoms with Crippen LogP contribution in [0.3, 0.4) is 0 Å². The summed E-state index contributed by atoms with van der Waals surface area (Å²) in [6.07, 6.45) is 1.65. The molecule has 15 heavy (non-hydrogen) atoms. The lowest BCUT2D eigenvalue weighted by Gasteiger charge is -2.12. The van der Waals surface area contributed by atoms with E-state index in [0.717, 1.165) is 15.7 Å². The highest BCUT2D eigenvalue weighted by Gasteiger charge is 2.16. The van der Waals surface area contributed by atoms with E-state index in [4.69, 9.17) is 0 Å². The van der Waals surface area contributed by atoms with E-state index in [1.807, 2.05) is 0 Å². The summed E-state index contributed by atoms with van der Waals surface area (Å²) in [7, 11) is -0.170. The van der Waals surface area contributed by atoms with E-state index in [1.165, 1.54) is 18.4 Å². The van der Waals surface area contributed by atoms with Crippen molar-refractivity contribution in [1.82, 2.24) is 9.29 Å². The number of sulfonamides is 1. The molecule has 0 N–H and O–H groups in total. The van der Waals surface area contributed by atoms with Crippen molar-refractivity contribution >= 4 is 26.0 Å². The van der Waals surface area contributed by atoms with Gasteiger partial charge in [0.25, 0.3) is 0 Å². The number of aryl methyl sites for hydroxylation is 1. The van der Waals surface area contributed by atoms with Crippen LogP contribution in [-0.2, 0) is 15.8 Å². The molecule has 0 fully saturated rings. The summed E-state index contributed by atoms with van der Waals surface area (Å²) in [5.41, 5.74) is 1.46. The molecular weight excluding hydrogens is 280 g/mol. The Kier molecular flexibility index (Phi) is 3.86. The number of pyridine rings is 1. The lowest BCUT2D eigenvalue weighted by molar-refractivity contribution is 0.519. The molecule has 0 aliphatic heterocycles. The first kappa shape index (κ1) is 12.6. The monoisotopic (exact) mass is 292 g/mol. The zero-order chi connectivity index (χ0) is 11.6. The normalized spacial score (nSPS) is 12.1. The fourth-order valence-electron chi connectivity index (χ4n) is 1.02. The molecule has 0 atom stereocenters. The zero-order valence-electron chi connectivity index (χ0n) is 8.86. The molecule has 1 rings (SSSR count). The molecule has 4 nitrogen and oxygen atoms in total. The summed E-state index contributed by atoms with van der Waals surface area (Å²) >= 11 is 3.27. The van der Waals surface area contributed by atoms with E-state index in [-0.39, 0.29) is 5.75 Å². The third-order valence-corrected chi connectivity index (χ3v) is 4.27. The molecule has 84 valence electrons. The second-order valence-electron chi connectivity index (χ2n) is 3.44. The summed E-state index contributed by atoms with van der Waals surface area (Å²) in [5, 5.41) is 0. The molecule has 0 bridgehead atoms. The molecule has 0 aromatic carbocycles. The van der Waals surface area contributed by atoms with Crippen LogP contribution in [0.2, 0.25) is 0 Å². The molecule has 6 heteroatoms. The van der Waals surface area contributed by atoms with Crippen LogP contribution in [0.15, 0.2) is 16.7 Å². The molecule has 0 aliphatic carbocycles. The maximum Gasteiger partial charge on any atom is 0.217 e. The SMILES string of the molecule is Cc1ncc(Br)cc1CS(=O)(=O)N(C)C. The molecule has 0 radical (unpaired) electrons. The fraction of sp³-hybridized carbons (Fsp3) is 0.444. The Bertz CT molecular complexity index is 457. The molecule has 1 aromatic heterocycles. The lowest BCUT2D eigenvalue weighted by atomic mass is 10.2. The van der Waals surface area contributed by atoms with Crippen LogP contribution in [0.4, 0.5) is 0 Å². The van der Waals surface area contributed by atoms with Crippen molar-refractivity contribution in [2.75, 3.05) is 14.1 Å². The van der Waals surface area contributed by atoms with Crippen LogP contribution in [0.25, 0.3) is 0 Å². The van der Waals surface area contributed by atoms with E-state index in [1.54, 1.807) is 19.2 Å². The first-order valence-corrected chi connectivity index (χ1v) is 6.74. The molecule has 0 saturated heterocycles. The van der Waals surface area contributed by atoms with Crippen molar-refractivity contribution < 1.29 is 8.42 Å². The van der Waals surface area contributed by atoms with E-state index < -0.39 is 10.0 Å². The van der Waals surface area contributed by atoms with Gasteiger partial charge in [-0.2, -0.15) is 0 Å². The van der Waals surface area contributed by atoms with Crippen molar-refractivity contribution in [3.05, 3.63) is 28.0 Å². The standard InChI is InChI=1S/C9H13BrN2O2S/c1-7-8(4-9(10)5-11-7)6-15(13,14)12(2)3/h4-5H,6H2,1-3H3. The highest BCUT2D eigenvalue weighted by molar-refractivity contribution is 9.10. The number of halogens is 1. The predicted octanol–water partition coefficient (Wildman–Crippen LogP) is 1.54. The molecule has 0 saturated carbocycles. The molecular formula is C9H13BrN2O2S. The van der Waals surface area contributed by atoms with Gasteiger partial charge in [-0.1, -0.05) is 0 Å². The molecule has 1 heterocycles. The van der Waals surface area contributed by atoms with Crippen LogP contribution in [0.5, 0.6) is 0 Å². The van der Waals surface area contributed by atoms with Gasteiger partial charge in [-0.25, -0.2) is 12.7 Å². The van der Waals surface area contributed by atoms with Gasteiger partial charge in [0, 0.05) is 30.5 Å². The van der Waals surface area contributed by atoms with Gasteiger partial charge in [0.2, 0.25) is 10.0 Å². The maximum absolute atomic E-state index is 11.6. The minimum atomic E-state index is -3.22. The minimum Gasteiger partial charge on any atom is -0.260 e. The second kappa shape index (κ2) is 4.59. The van der Waals surface area contributed by atoms with Crippen LogP contribution in [0, 0.1) is 6.92 Å². The first-order chi connectivity index (χ1) is 6.83. The third kappa shape index (κ3) is 3.25. The lowest BCUT2D eigenvalue weighted by Crippen LogP contribution is -2.24. The van der Waals surface area contributed by atoms with Crippen LogP contribution >= 0.6 is 15.9 Å². The van der Waals surface area contributed by atoms with Gasteiger partial charge in [-0.3, -0.25) is 4.98 Å². The maximum atomic E-state index is 11.6. The van der Waals surface area contributed by atoms with Crippen molar-refractivity contribution in [3.63, 3.8) is 0 Å². The van der Waals surface area contributed by atoms with E-state index in [0.29, 0.717) is 0 Å². The Balaban J connectivity index is 3.05. The average molecular weight is 293 g/mol. The van der Waals surface area contributed by atoms with E-state index in [2.05, 4.69) is 20.9 Å². The van der Waals surface area contributed by atoms with Gasteiger partial charge in [-0.15, -0.1) is 0 Å². The second-order valence-corrected chi connectivity index (χ2v) is 6.54. The third-order valence-electron chi connectivity index (χ3n) is 2.05. The van der Waals surface area contributed by atoms with Crippen molar-refractivity contribution in [1.29, 1.82) is 0 Å². The number of aromatic nitrogens is 1. The zero-order valence-corrected chi connectivity index (χ0v) is 11.3. The van der Waals surface area contributed by atoms with Gasteiger partial charge < -0.3 is 0 Å². The summed E-state index contributed by atoms with van der Waals surface area (Å²) in [5.74, 6) is -0.0156. The van der Waals surface area contributed by atoms with Crippen LogP contribution in [0.1, 0.15) is 11.3 Å². The molecule has 1 aromatic rings. The highest BCUT2D eigenvalue weighted by atomic mass is 79.9. The molecule has 0 amide bonds. The highest BCUT2D eigenvalue weighted by Crippen LogP contribution is 2.16. The Morgan fingerprint density at radius 1 is 1.47 bits per heavy atom. The van der Waals surface area contributed by atoms with Gasteiger partial charge in [0.05, 0.1) is 5.75 Å². The average Bonchev–Trinajstić information content (AvgIpc) is 2.10. The van der Waals surface area contributed by atoms with Crippen LogP contribution in [-0.4, -0.2) is 31.8 Å². The number of rotatable bonds is 3. The summed E-state index contributed by atoms with van der Waals surface area (Å²) in [6, 6.07) is 1.78. The molecule has 0 aliphatic rings. The van der Waals surface area contributed by atoms with Gasteiger partial charge >= 0.3 is 0 Å². The van der Waals surface area contributed by atoms with Crippen molar-refractivity contribution in [2.24, 2.45) is 0 Å². The topological polar surface area (TPSA) is 50.3 Å². The summed E-state index contributed by atoms with van der Waals surface area (Å²) < 4.78 is 25.3.